The number of halogens is 5. The van der Waals surface area contributed by atoms with Gasteiger partial charge in [0, 0.05) is 18.0 Å². The van der Waals surface area contributed by atoms with Crippen LogP contribution in [0.1, 0.15) is 5.56 Å². The summed E-state index contributed by atoms with van der Waals surface area (Å²) < 4.78 is 62.9. The molecule has 0 aliphatic heterocycles. The molecule has 0 aliphatic rings. The van der Waals surface area contributed by atoms with E-state index in [0.717, 1.165) is 0 Å². The molecule has 0 unspecified atom stereocenters. The summed E-state index contributed by atoms with van der Waals surface area (Å²) in [6, 6.07) is 0. The normalized spacial score (nSPS) is 9.81. The molecule has 0 saturated carbocycles. The summed E-state index contributed by atoms with van der Waals surface area (Å²) in [5.41, 5.74) is -1.41. The number of hydrogen-bond acceptors (Lipinski definition) is 2. The van der Waals surface area contributed by atoms with E-state index in [2.05, 4.69) is 0 Å². The zero-order valence-corrected chi connectivity index (χ0v) is 11.0. The number of benzene rings is 1. The van der Waals surface area contributed by atoms with Gasteiger partial charge in [-0.2, -0.15) is 0 Å². The van der Waals surface area contributed by atoms with Crippen molar-refractivity contribution in [2.45, 2.75) is 6.42 Å². The Hall–Kier alpha value is -0.0236. The second kappa shape index (κ2) is 6.06. The van der Waals surface area contributed by atoms with Gasteiger partial charge in [0.25, 0.3) is 0 Å². The first-order valence-corrected chi connectivity index (χ1v) is 3.56. The summed E-state index contributed by atoms with van der Waals surface area (Å²) in [5.74, 6) is -12.9. The van der Waals surface area contributed by atoms with Gasteiger partial charge in [0.05, 0.1) is 0 Å². The van der Waals surface area contributed by atoms with Gasteiger partial charge >= 0.3 is 51.4 Å². The first-order valence-electron chi connectivity index (χ1n) is 3.56. The summed E-state index contributed by atoms with van der Waals surface area (Å²) in [7, 11) is 0. The van der Waals surface area contributed by atoms with Crippen molar-refractivity contribution in [3.8, 4) is 0 Å². The van der Waals surface area contributed by atoms with Crippen LogP contribution in [0.4, 0.5) is 22.0 Å². The topological polar surface area (TPSA) is 40.1 Å². The standard InChI is InChI=1S/C8H3F5O2.K/c9-4-2(1-3(14)15)5(10)7(12)8(13)6(4)11;/h1H2,(H,14,15);/q;+1/p-1. The number of carboxylic acid groups (broad SMARTS) is 1. The molecular formula is C8H2F5KO2. The predicted molar refractivity (Wildman–Crippen MR) is 34.9 cm³/mol. The van der Waals surface area contributed by atoms with E-state index >= 15 is 0 Å². The summed E-state index contributed by atoms with van der Waals surface area (Å²) in [5, 5.41) is 10.00. The smallest absolute Gasteiger partial charge is 0.550 e. The molecule has 16 heavy (non-hydrogen) atoms. The third-order valence-electron chi connectivity index (χ3n) is 1.62. The Bertz CT molecular complexity index is 406. The molecule has 1 rings (SSSR count). The average Bonchev–Trinajstić information content (AvgIpc) is 2.18. The van der Waals surface area contributed by atoms with Crippen LogP contribution >= 0.6 is 0 Å². The van der Waals surface area contributed by atoms with E-state index in [1.807, 2.05) is 0 Å². The van der Waals surface area contributed by atoms with Gasteiger partial charge in [-0.3, -0.25) is 0 Å². The number of carbonyl (C=O) groups excluding carboxylic acids is 1. The molecule has 1 aromatic carbocycles. The summed E-state index contributed by atoms with van der Waals surface area (Å²) in [4.78, 5) is 10.00. The minimum Gasteiger partial charge on any atom is -0.550 e. The molecule has 0 radical (unpaired) electrons. The molecule has 0 saturated heterocycles. The average molecular weight is 264 g/mol. The molecule has 0 atom stereocenters. The summed E-state index contributed by atoms with van der Waals surface area (Å²) in [6.07, 6.45) is -1.38. The Kier molecular flexibility index (Phi) is 6.05. The number of carbonyl (C=O) groups is 1. The van der Waals surface area contributed by atoms with Gasteiger partial charge in [-0.25, -0.2) is 22.0 Å². The maximum absolute atomic E-state index is 12.8. The number of aliphatic carboxylic acids is 1. The van der Waals surface area contributed by atoms with Crippen LogP contribution in [-0.4, -0.2) is 5.97 Å². The van der Waals surface area contributed by atoms with Crippen molar-refractivity contribution >= 4 is 5.97 Å². The van der Waals surface area contributed by atoms with Crippen molar-refractivity contribution in [1.29, 1.82) is 0 Å². The quantitative estimate of drug-likeness (QED) is 0.260. The Balaban J connectivity index is 0.00000225. The molecule has 8 heteroatoms. The Morgan fingerprint density at radius 1 is 0.875 bits per heavy atom. The van der Waals surface area contributed by atoms with E-state index in [-0.39, 0.29) is 51.4 Å². The molecule has 0 aromatic heterocycles. The van der Waals surface area contributed by atoms with Crippen LogP contribution in [0.2, 0.25) is 0 Å². The monoisotopic (exact) mass is 264 g/mol. The maximum atomic E-state index is 12.8. The van der Waals surface area contributed by atoms with E-state index in [4.69, 9.17) is 0 Å². The zero-order valence-electron chi connectivity index (χ0n) is 7.91. The first kappa shape index (κ1) is 16.0. The van der Waals surface area contributed by atoms with Crippen LogP contribution in [-0.2, 0) is 11.2 Å². The largest absolute Gasteiger partial charge is 1.00 e. The molecule has 0 aliphatic carbocycles. The molecule has 0 bridgehead atoms. The van der Waals surface area contributed by atoms with Crippen molar-refractivity contribution in [2.24, 2.45) is 0 Å². The predicted octanol–water partition coefficient (Wildman–Crippen LogP) is -2.32. The van der Waals surface area contributed by atoms with Crippen molar-refractivity contribution < 1.29 is 83.2 Å². The third-order valence-corrected chi connectivity index (χ3v) is 1.62. The summed E-state index contributed by atoms with van der Waals surface area (Å²) in [6.45, 7) is 0. The van der Waals surface area contributed by atoms with Gasteiger partial charge in [0.15, 0.2) is 23.3 Å². The molecule has 0 spiro atoms. The molecular weight excluding hydrogens is 262 g/mol. The Labute approximate surface area is 129 Å². The Morgan fingerprint density at radius 3 is 1.50 bits per heavy atom. The fraction of sp³-hybridized carbons (Fsp3) is 0.125. The van der Waals surface area contributed by atoms with Crippen LogP contribution in [0.5, 0.6) is 0 Å². The van der Waals surface area contributed by atoms with Gasteiger partial charge in [-0.15, -0.1) is 0 Å². The fourth-order valence-corrected chi connectivity index (χ4v) is 0.950. The molecule has 2 nitrogen and oxygen atoms in total. The number of hydrogen-bond donors (Lipinski definition) is 0. The third kappa shape index (κ3) is 3.01. The summed E-state index contributed by atoms with van der Waals surface area (Å²) >= 11 is 0. The minimum absolute atomic E-state index is 0. The molecule has 1 aromatic rings. The van der Waals surface area contributed by atoms with E-state index in [9.17, 15) is 31.9 Å². The van der Waals surface area contributed by atoms with Gasteiger partial charge in [0.2, 0.25) is 5.82 Å². The van der Waals surface area contributed by atoms with E-state index < -0.39 is 47.0 Å². The minimum atomic E-state index is -2.33. The van der Waals surface area contributed by atoms with Crippen molar-refractivity contribution in [3.63, 3.8) is 0 Å². The van der Waals surface area contributed by atoms with E-state index in [0.29, 0.717) is 0 Å². The van der Waals surface area contributed by atoms with Gasteiger partial charge in [-0.05, 0) is 0 Å². The van der Waals surface area contributed by atoms with Crippen molar-refractivity contribution in [2.75, 3.05) is 0 Å². The molecule has 82 valence electrons. The van der Waals surface area contributed by atoms with Gasteiger partial charge < -0.3 is 9.90 Å². The molecule has 0 N–H and O–H groups in total. The van der Waals surface area contributed by atoms with Crippen LogP contribution in [0.15, 0.2) is 0 Å². The first-order chi connectivity index (χ1) is 6.86. The van der Waals surface area contributed by atoms with Gasteiger partial charge in [-0.1, -0.05) is 0 Å². The van der Waals surface area contributed by atoms with Crippen molar-refractivity contribution in [3.05, 3.63) is 34.6 Å². The fourth-order valence-electron chi connectivity index (χ4n) is 0.950. The molecule has 0 heterocycles. The number of rotatable bonds is 2. The Morgan fingerprint density at radius 2 is 1.19 bits per heavy atom. The van der Waals surface area contributed by atoms with Crippen molar-refractivity contribution in [1.82, 2.24) is 0 Å². The van der Waals surface area contributed by atoms with Gasteiger partial charge in [0.1, 0.15) is 0 Å². The van der Waals surface area contributed by atoms with Crippen LogP contribution in [0.25, 0.3) is 0 Å². The molecule has 0 amide bonds. The van der Waals surface area contributed by atoms with Crippen LogP contribution in [0.3, 0.4) is 0 Å². The second-order valence-corrected chi connectivity index (χ2v) is 2.60. The SMILES string of the molecule is O=C([O-])Cc1c(F)c(F)c(F)c(F)c1F.[K+]. The van der Waals surface area contributed by atoms with E-state index in [1.54, 1.807) is 0 Å². The molecule has 0 fully saturated rings. The van der Waals surface area contributed by atoms with Crippen LogP contribution < -0.4 is 56.5 Å². The second-order valence-electron chi connectivity index (χ2n) is 2.60. The number of carboxylic acids is 1. The van der Waals surface area contributed by atoms with E-state index in [1.165, 1.54) is 0 Å². The zero-order chi connectivity index (χ0) is 11.7. The van der Waals surface area contributed by atoms with Crippen LogP contribution in [0, 0.1) is 29.1 Å². The maximum Gasteiger partial charge on any atom is 1.00 e.